The van der Waals surface area contributed by atoms with Gasteiger partial charge in [-0.2, -0.15) is 0 Å². The number of carbonyl (C=O) groups is 4. The minimum absolute atomic E-state index is 0.0127. The Bertz CT molecular complexity index is 1090. The molecule has 1 fully saturated rings. The van der Waals surface area contributed by atoms with E-state index in [2.05, 4.69) is 15.3 Å². The molecule has 0 aromatic carbocycles. The van der Waals surface area contributed by atoms with Gasteiger partial charge in [-0.1, -0.05) is 11.3 Å². The van der Waals surface area contributed by atoms with Crippen LogP contribution in [0.5, 0.6) is 0 Å². The van der Waals surface area contributed by atoms with Gasteiger partial charge >= 0.3 is 23.9 Å². The van der Waals surface area contributed by atoms with Gasteiger partial charge in [0.25, 0.3) is 0 Å². The highest BCUT2D eigenvalue weighted by Crippen LogP contribution is 2.30. The van der Waals surface area contributed by atoms with Gasteiger partial charge in [0, 0.05) is 33.9 Å². The Labute approximate surface area is 212 Å². The molecule has 0 spiro atoms. The Morgan fingerprint density at radius 2 is 1.57 bits per heavy atom. The largest absolute Gasteiger partial charge is 0.463 e. The number of pyridine rings is 1. The summed E-state index contributed by atoms with van der Waals surface area (Å²) in [6, 6.07) is 5.41. The van der Waals surface area contributed by atoms with Crippen LogP contribution in [0.3, 0.4) is 0 Å². The fourth-order valence-electron chi connectivity index (χ4n) is 3.62. The maximum absolute atomic E-state index is 11.9. The van der Waals surface area contributed by atoms with Crippen LogP contribution in [-0.2, 0) is 54.1 Å². The van der Waals surface area contributed by atoms with Crippen LogP contribution in [0.15, 0.2) is 30.6 Å². The molecule has 200 valence electrons. The number of esters is 4. The Balaban J connectivity index is 1.78. The quantitative estimate of drug-likeness (QED) is 0.313. The first-order chi connectivity index (χ1) is 17.6. The van der Waals surface area contributed by atoms with Crippen molar-refractivity contribution < 1.29 is 47.6 Å². The average Bonchev–Trinajstić information content (AvgIpc) is 3.30. The van der Waals surface area contributed by atoms with Gasteiger partial charge in [0.15, 0.2) is 24.6 Å². The molecule has 3 rings (SSSR count). The third-order valence-electron chi connectivity index (χ3n) is 5.02. The molecule has 1 aliphatic heterocycles. The predicted molar refractivity (Wildman–Crippen MR) is 121 cm³/mol. The highest BCUT2D eigenvalue weighted by molar-refractivity contribution is 5.68. The smallest absolute Gasteiger partial charge is 0.303 e. The SMILES string of the molecule is CC(=O)OC[C@H]1O[C@@H](OCCn2cc(-c3ccccn3)nn2)[C@H](OC(C)=O)[C@@H](OC(C)=O)[C@@H]1OC(C)=O. The molecule has 0 radical (unpaired) electrons. The normalized spacial score (nSPS) is 23.1. The van der Waals surface area contributed by atoms with E-state index in [0.717, 1.165) is 20.8 Å². The van der Waals surface area contributed by atoms with Gasteiger partial charge in [0.1, 0.15) is 18.4 Å². The van der Waals surface area contributed by atoms with Crippen LogP contribution in [0.25, 0.3) is 11.4 Å². The monoisotopic (exact) mass is 520 g/mol. The van der Waals surface area contributed by atoms with Crippen LogP contribution in [0.1, 0.15) is 27.7 Å². The summed E-state index contributed by atoms with van der Waals surface area (Å²) in [5, 5.41) is 8.12. The first-order valence-electron chi connectivity index (χ1n) is 11.4. The second-order valence-corrected chi connectivity index (χ2v) is 8.02. The Morgan fingerprint density at radius 1 is 0.892 bits per heavy atom. The molecular formula is C23H28N4O10. The lowest BCUT2D eigenvalue weighted by atomic mass is 9.98. The minimum atomic E-state index is -1.30. The first kappa shape index (κ1) is 27.7. The van der Waals surface area contributed by atoms with Crippen molar-refractivity contribution in [3.8, 4) is 11.4 Å². The second kappa shape index (κ2) is 12.9. The standard InChI is InChI=1S/C23H28N4O10/c1-13(28)33-12-19-20(34-14(2)29)21(35-15(3)30)22(36-16(4)31)23(37-19)32-10-9-27-11-18(25-26-27)17-7-5-6-8-24-17/h5-8,11,19-23H,9-10,12H2,1-4H3/t19-,20-,21+,22-,23-/m1/s1. The molecule has 0 unspecified atom stereocenters. The summed E-state index contributed by atoms with van der Waals surface area (Å²) in [6.45, 7) is 4.54. The van der Waals surface area contributed by atoms with Crippen LogP contribution >= 0.6 is 0 Å². The summed E-state index contributed by atoms with van der Waals surface area (Å²) in [4.78, 5) is 51.2. The van der Waals surface area contributed by atoms with Crippen molar-refractivity contribution in [1.82, 2.24) is 20.0 Å². The number of ether oxygens (including phenoxy) is 6. The van der Waals surface area contributed by atoms with Crippen molar-refractivity contribution in [3.63, 3.8) is 0 Å². The number of hydrogen-bond acceptors (Lipinski definition) is 13. The molecular weight excluding hydrogens is 492 g/mol. The van der Waals surface area contributed by atoms with E-state index in [4.69, 9.17) is 28.4 Å². The second-order valence-electron chi connectivity index (χ2n) is 8.02. The summed E-state index contributed by atoms with van der Waals surface area (Å²) in [5.41, 5.74) is 1.21. The van der Waals surface area contributed by atoms with Crippen LogP contribution in [0.4, 0.5) is 0 Å². The molecule has 0 N–H and O–H groups in total. The molecule has 37 heavy (non-hydrogen) atoms. The Morgan fingerprint density at radius 3 is 2.19 bits per heavy atom. The minimum Gasteiger partial charge on any atom is -0.463 e. The third kappa shape index (κ3) is 8.05. The lowest BCUT2D eigenvalue weighted by Gasteiger charge is -2.44. The number of carbonyl (C=O) groups excluding carboxylic acids is 4. The van der Waals surface area contributed by atoms with Gasteiger partial charge in [-0.15, -0.1) is 5.10 Å². The van der Waals surface area contributed by atoms with Crippen molar-refractivity contribution in [2.45, 2.75) is 64.9 Å². The van der Waals surface area contributed by atoms with Crippen LogP contribution < -0.4 is 0 Å². The number of aromatic nitrogens is 4. The van der Waals surface area contributed by atoms with Crippen LogP contribution in [0, 0.1) is 0 Å². The maximum atomic E-state index is 11.9. The summed E-state index contributed by atoms with van der Waals surface area (Å²) >= 11 is 0. The van der Waals surface area contributed by atoms with Crippen molar-refractivity contribution >= 4 is 23.9 Å². The molecule has 3 heterocycles. The van der Waals surface area contributed by atoms with Gasteiger partial charge in [0.05, 0.1) is 25.0 Å². The molecule has 2 aromatic heterocycles. The van der Waals surface area contributed by atoms with Gasteiger partial charge in [-0.3, -0.25) is 24.2 Å². The first-order valence-corrected chi connectivity index (χ1v) is 11.4. The van der Waals surface area contributed by atoms with E-state index in [1.165, 1.54) is 11.6 Å². The van der Waals surface area contributed by atoms with E-state index in [-0.39, 0.29) is 19.8 Å². The fraction of sp³-hybridized carbons (Fsp3) is 0.522. The van der Waals surface area contributed by atoms with E-state index in [0.29, 0.717) is 11.4 Å². The Hall–Kier alpha value is -3.91. The van der Waals surface area contributed by atoms with Crippen molar-refractivity contribution in [2.75, 3.05) is 13.2 Å². The zero-order valence-electron chi connectivity index (χ0n) is 20.8. The van der Waals surface area contributed by atoms with E-state index in [1.54, 1.807) is 24.5 Å². The summed E-state index contributed by atoms with van der Waals surface area (Å²) in [7, 11) is 0. The van der Waals surface area contributed by atoms with Gasteiger partial charge in [-0.25, -0.2) is 4.68 Å². The molecule has 14 heteroatoms. The molecule has 0 aliphatic carbocycles. The highest BCUT2D eigenvalue weighted by Gasteiger charge is 2.52. The molecule has 1 saturated heterocycles. The van der Waals surface area contributed by atoms with Gasteiger partial charge < -0.3 is 28.4 Å². The third-order valence-corrected chi connectivity index (χ3v) is 5.02. The average molecular weight is 520 g/mol. The van der Waals surface area contributed by atoms with Crippen molar-refractivity contribution in [2.24, 2.45) is 0 Å². The zero-order chi connectivity index (χ0) is 26.9. The van der Waals surface area contributed by atoms with Crippen molar-refractivity contribution in [1.29, 1.82) is 0 Å². The van der Waals surface area contributed by atoms with Gasteiger partial charge in [0.2, 0.25) is 0 Å². The molecule has 0 bridgehead atoms. The van der Waals surface area contributed by atoms with E-state index < -0.39 is 54.6 Å². The lowest BCUT2D eigenvalue weighted by molar-refractivity contribution is -0.308. The number of rotatable bonds is 10. The topological polar surface area (TPSA) is 167 Å². The molecule has 14 nitrogen and oxygen atoms in total. The summed E-state index contributed by atoms with van der Waals surface area (Å²) < 4.78 is 34.3. The highest BCUT2D eigenvalue weighted by atomic mass is 16.7. The predicted octanol–water partition coefficient (Wildman–Crippen LogP) is 0.440. The van der Waals surface area contributed by atoms with E-state index >= 15 is 0 Å². The molecule has 1 aliphatic rings. The van der Waals surface area contributed by atoms with Gasteiger partial charge in [-0.05, 0) is 12.1 Å². The number of hydrogen-bond donors (Lipinski definition) is 0. The van der Waals surface area contributed by atoms with Crippen molar-refractivity contribution in [3.05, 3.63) is 30.6 Å². The zero-order valence-corrected chi connectivity index (χ0v) is 20.8. The summed E-state index contributed by atoms with van der Waals surface area (Å²) in [6.07, 6.45) is -2.87. The Kier molecular flexibility index (Phi) is 9.63. The fourth-order valence-corrected chi connectivity index (χ4v) is 3.62. The molecule has 0 saturated carbocycles. The van der Waals surface area contributed by atoms with E-state index in [1.807, 2.05) is 6.07 Å². The molecule has 0 amide bonds. The van der Waals surface area contributed by atoms with Crippen LogP contribution in [-0.4, -0.2) is 87.8 Å². The lowest BCUT2D eigenvalue weighted by Crippen LogP contribution is -2.63. The molecule has 2 aromatic rings. The maximum Gasteiger partial charge on any atom is 0.303 e. The summed E-state index contributed by atoms with van der Waals surface area (Å²) in [5.74, 6) is -2.76. The van der Waals surface area contributed by atoms with E-state index in [9.17, 15) is 19.2 Å². The van der Waals surface area contributed by atoms with Crippen LogP contribution in [0.2, 0.25) is 0 Å². The molecule has 5 atom stereocenters. The number of nitrogens with zero attached hydrogens (tertiary/aromatic N) is 4.